The number of aromatic nitrogens is 1. The van der Waals surface area contributed by atoms with Gasteiger partial charge in [0.05, 0.1) is 25.8 Å². The molecule has 1 aliphatic heterocycles. The molecule has 35 heavy (non-hydrogen) atoms. The van der Waals surface area contributed by atoms with E-state index in [9.17, 15) is 9.90 Å². The SMILES string of the molecule is CCn1cc(C=C2Oc3c(ccc([O-])c3C[NH+](CC(C)C)CC(C)C)C2=O)c2cc(OC)ccc21. The molecule has 1 N–H and O–H groups in total. The van der Waals surface area contributed by atoms with Crippen molar-refractivity contribution in [2.45, 2.75) is 47.7 Å². The lowest BCUT2D eigenvalue weighted by Gasteiger charge is -2.26. The molecule has 1 aliphatic rings. The molecule has 0 atom stereocenters. The normalized spacial score (nSPS) is 14.5. The van der Waals surface area contributed by atoms with Crippen LogP contribution in [0.5, 0.6) is 17.2 Å². The molecule has 6 heteroatoms. The van der Waals surface area contributed by atoms with Crippen LogP contribution in [0.3, 0.4) is 0 Å². The summed E-state index contributed by atoms with van der Waals surface area (Å²) in [5.74, 6) is 2.17. The highest BCUT2D eigenvalue weighted by molar-refractivity contribution is 6.15. The molecule has 0 amide bonds. The third kappa shape index (κ3) is 5.08. The van der Waals surface area contributed by atoms with Crippen molar-refractivity contribution in [1.29, 1.82) is 0 Å². The summed E-state index contributed by atoms with van der Waals surface area (Å²) in [6.45, 7) is 14.1. The van der Waals surface area contributed by atoms with Crippen molar-refractivity contribution in [3.63, 3.8) is 0 Å². The van der Waals surface area contributed by atoms with Crippen LogP contribution in [-0.4, -0.2) is 30.5 Å². The number of Topliss-reactive ketones (excluding diaryl/α,β-unsaturated/α-hetero) is 1. The zero-order chi connectivity index (χ0) is 25.3. The summed E-state index contributed by atoms with van der Waals surface area (Å²) >= 11 is 0. The Morgan fingerprint density at radius 3 is 2.46 bits per heavy atom. The molecule has 2 aromatic carbocycles. The van der Waals surface area contributed by atoms with Crippen molar-refractivity contribution in [3.8, 4) is 17.2 Å². The standard InChI is InChI=1S/C29H36N2O4/c1-7-31-16-20(23-13-21(34-6)8-10-25(23)31)12-27-28(33)22-9-11-26(32)24(29(22)35-27)17-30(14-18(2)3)15-19(4)5/h8-13,16,18-19,32H,7,14-15,17H2,1-6H3. The minimum absolute atomic E-state index is 0.0739. The lowest BCUT2D eigenvalue weighted by atomic mass is 10.0. The topological polar surface area (TPSA) is 68.0 Å². The molecule has 1 aromatic heterocycles. The number of hydrogen-bond donors (Lipinski definition) is 1. The predicted octanol–water partition coefficient (Wildman–Crippen LogP) is 4.06. The molecule has 2 heterocycles. The quantitative estimate of drug-likeness (QED) is 0.473. The van der Waals surface area contributed by atoms with Gasteiger partial charge in [0, 0.05) is 46.6 Å². The van der Waals surface area contributed by atoms with Crippen molar-refractivity contribution < 1.29 is 24.3 Å². The molecule has 0 saturated heterocycles. The van der Waals surface area contributed by atoms with Crippen molar-refractivity contribution in [3.05, 3.63) is 59.0 Å². The van der Waals surface area contributed by atoms with Crippen LogP contribution in [-0.2, 0) is 13.1 Å². The summed E-state index contributed by atoms with van der Waals surface area (Å²) in [5.41, 5.74) is 3.00. The van der Waals surface area contributed by atoms with E-state index in [0.717, 1.165) is 41.9 Å². The Bertz CT molecular complexity index is 1260. The van der Waals surface area contributed by atoms with Gasteiger partial charge in [0.15, 0.2) is 5.76 Å². The molecular weight excluding hydrogens is 440 g/mol. The molecule has 6 nitrogen and oxygen atoms in total. The number of nitrogens with zero attached hydrogens (tertiary/aromatic N) is 1. The zero-order valence-electron chi connectivity index (χ0n) is 21.6. The van der Waals surface area contributed by atoms with Crippen molar-refractivity contribution in [2.75, 3.05) is 20.2 Å². The Balaban J connectivity index is 1.72. The van der Waals surface area contributed by atoms with Gasteiger partial charge in [0.1, 0.15) is 18.0 Å². The Morgan fingerprint density at radius 2 is 1.83 bits per heavy atom. The van der Waals surface area contributed by atoms with Crippen LogP contribution < -0.4 is 19.5 Å². The minimum atomic E-state index is -0.184. The van der Waals surface area contributed by atoms with Gasteiger partial charge in [-0.3, -0.25) is 4.79 Å². The third-order valence-corrected chi connectivity index (χ3v) is 6.46. The van der Waals surface area contributed by atoms with Gasteiger partial charge < -0.3 is 24.0 Å². The number of rotatable bonds is 9. The minimum Gasteiger partial charge on any atom is -0.872 e. The molecule has 4 rings (SSSR count). The fourth-order valence-electron chi connectivity index (χ4n) is 5.04. The van der Waals surface area contributed by atoms with Gasteiger partial charge in [-0.1, -0.05) is 39.5 Å². The van der Waals surface area contributed by atoms with Crippen molar-refractivity contribution in [2.24, 2.45) is 11.8 Å². The van der Waals surface area contributed by atoms with E-state index in [1.54, 1.807) is 19.3 Å². The number of quaternary nitrogens is 1. The maximum absolute atomic E-state index is 13.3. The first kappa shape index (κ1) is 24.9. The molecule has 186 valence electrons. The Hall–Kier alpha value is -3.25. The van der Waals surface area contributed by atoms with E-state index in [-0.39, 0.29) is 17.3 Å². The van der Waals surface area contributed by atoms with E-state index in [0.29, 0.717) is 35.3 Å². The van der Waals surface area contributed by atoms with Crippen LogP contribution in [0.2, 0.25) is 0 Å². The molecule has 0 bridgehead atoms. The van der Waals surface area contributed by atoms with Gasteiger partial charge in [-0.05, 0) is 37.3 Å². The largest absolute Gasteiger partial charge is 0.872 e. The van der Waals surface area contributed by atoms with Crippen LogP contribution >= 0.6 is 0 Å². The van der Waals surface area contributed by atoms with Gasteiger partial charge in [0.25, 0.3) is 0 Å². The second-order valence-electron chi connectivity index (χ2n) is 10.2. The number of carbonyl (C=O) groups is 1. The summed E-state index contributed by atoms with van der Waals surface area (Å²) in [6.07, 6.45) is 3.81. The number of ketones is 1. The number of fused-ring (bicyclic) bond motifs is 2. The second kappa shape index (κ2) is 10.2. The molecular formula is C29H36N2O4. The molecule has 0 saturated carbocycles. The first-order chi connectivity index (χ1) is 16.7. The fraction of sp³-hybridized carbons (Fsp3) is 0.414. The second-order valence-corrected chi connectivity index (χ2v) is 10.2. The number of aryl methyl sites for hydroxylation is 1. The average molecular weight is 477 g/mol. The number of nitrogens with one attached hydrogen (secondary N) is 1. The van der Waals surface area contributed by atoms with Gasteiger partial charge >= 0.3 is 0 Å². The lowest BCUT2D eigenvalue weighted by molar-refractivity contribution is -0.919. The van der Waals surface area contributed by atoms with Gasteiger partial charge in [-0.2, -0.15) is 0 Å². The van der Waals surface area contributed by atoms with E-state index in [1.807, 2.05) is 24.4 Å². The van der Waals surface area contributed by atoms with Gasteiger partial charge in [-0.15, -0.1) is 0 Å². The van der Waals surface area contributed by atoms with Crippen LogP contribution in [0.25, 0.3) is 17.0 Å². The number of benzene rings is 2. The molecule has 3 aromatic rings. The van der Waals surface area contributed by atoms with Crippen molar-refractivity contribution >= 4 is 22.8 Å². The highest BCUT2D eigenvalue weighted by atomic mass is 16.5. The van der Waals surface area contributed by atoms with Crippen LogP contribution in [0.1, 0.15) is 56.1 Å². The van der Waals surface area contributed by atoms with Gasteiger partial charge in [0.2, 0.25) is 5.78 Å². The first-order valence-corrected chi connectivity index (χ1v) is 12.5. The summed E-state index contributed by atoms with van der Waals surface area (Å²) in [5, 5.41) is 13.9. The van der Waals surface area contributed by atoms with E-state index in [4.69, 9.17) is 9.47 Å². The molecule has 0 aliphatic carbocycles. The summed E-state index contributed by atoms with van der Waals surface area (Å²) in [4.78, 5) is 14.6. The maximum atomic E-state index is 13.3. The highest BCUT2D eigenvalue weighted by Gasteiger charge is 2.31. The van der Waals surface area contributed by atoms with E-state index >= 15 is 0 Å². The molecule has 0 radical (unpaired) electrons. The number of carbonyl (C=O) groups excluding carboxylic acids is 1. The molecule has 0 fully saturated rings. The average Bonchev–Trinajstić information content (AvgIpc) is 3.32. The number of allylic oxidation sites excluding steroid dienone is 1. The summed E-state index contributed by atoms with van der Waals surface area (Å²) < 4.78 is 13.7. The maximum Gasteiger partial charge on any atom is 0.231 e. The summed E-state index contributed by atoms with van der Waals surface area (Å²) in [6, 6.07) is 9.04. The van der Waals surface area contributed by atoms with Crippen molar-refractivity contribution in [1.82, 2.24) is 4.57 Å². The van der Waals surface area contributed by atoms with Crippen LogP contribution in [0.15, 0.2) is 42.3 Å². The highest BCUT2D eigenvalue weighted by Crippen LogP contribution is 2.39. The number of hydrogen-bond acceptors (Lipinski definition) is 4. The molecule has 0 unspecified atom stereocenters. The summed E-state index contributed by atoms with van der Waals surface area (Å²) in [7, 11) is 1.64. The lowest BCUT2D eigenvalue weighted by Crippen LogP contribution is -3.11. The number of ether oxygens (including phenoxy) is 2. The molecule has 0 spiro atoms. The van der Waals surface area contributed by atoms with Crippen LogP contribution in [0, 0.1) is 11.8 Å². The first-order valence-electron chi connectivity index (χ1n) is 12.5. The fourth-order valence-corrected chi connectivity index (χ4v) is 5.04. The zero-order valence-corrected chi connectivity index (χ0v) is 21.6. The van der Waals surface area contributed by atoms with E-state index < -0.39 is 0 Å². The Kier molecular flexibility index (Phi) is 7.22. The Labute approximate surface area is 207 Å². The predicted molar refractivity (Wildman–Crippen MR) is 137 cm³/mol. The van der Waals surface area contributed by atoms with E-state index in [2.05, 4.69) is 39.2 Å². The third-order valence-electron chi connectivity index (χ3n) is 6.46. The van der Waals surface area contributed by atoms with Gasteiger partial charge in [-0.25, -0.2) is 0 Å². The van der Waals surface area contributed by atoms with E-state index in [1.165, 1.54) is 11.0 Å². The Morgan fingerprint density at radius 1 is 1.11 bits per heavy atom. The van der Waals surface area contributed by atoms with Crippen LogP contribution in [0.4, 0.5) is 0 Å². The monoisotopic (exact) mass is 476 g/mol. The number of methoxy groups -OCH3 is 1. The smallest absolute Gasteiger partial charge is 0.231 e.